The Morgan fingerprint density at radius 3 is 2.46 bits per heavy atom. The van der Waals surface area contributed by atoms with Gasteiger partial charge in [0.15, 0.2) is 0 Å². The van der Waals surface area contributed by atoms with Crippen LogP contribution in [0, 0.1) is 0 Å². The molecule has 0 aliphatic rings. The van der Waals surface area contributed by atoms with E-state index in [0.29, 0.717) is 0 Å². The molecule has 0 bridgehead atoms. The van der Waals surface area contributed by atoms with Crippen molar-refractivity contribution in [1.82, 2.24) is 9.78 Å². The molecule has 0 radical (unpaired) electrons. The predicted octanol–water partition coefficient (Wildman–Crippen LogP) is 5.89. The van der Waals surface area contributed by atoms with E-state index < -0.39 is 0 Å². The molecule has 1 heterocycles. The minimum Gasteiger partial charge on any atom is -0.457 e. The van der Waals surface area contributed by atoms with Crippen LogP contribution in [-0.4, -0.2) is 16.0 Å². The molecule has 0 fully saturated rings. The Morgan fingerprint density at radius 2 is 1.64 bits per heavy atom. The average Bonchev–Trinajstić information content (AvgIpc) is 3.24. The molecule has 0 saturated heterocycles. The molecule has 0 N–H and O–H groups in total. The summed E-state index contributed by atoms with van der Waals surface area (Å²) in [7, 11) is 0. The molecule has 28 heavy (non-hydrogen) atoms. The van der Waals surface area contributed by atoms with Crippen molar-refractivity contribution in [2.24, 2.45) is 4.99 Å². The van der Waals surface area contributed by atoms with Gasteiger partial charge in [-0.2, -0.15) is 5.10 Å². The van der Waals surface area contributed by atoms with Crippen LogP contribution in [0.15, 0.2) is 109 Å². The summed E-state index contributed by atoms with van der Waals surface area (Å²) in [6, 6.07) is 25.8. The number of aromatic nitrogens is 2. The van der Waals surface area contributed by atoms with Crippen LogP contribution in [0.1, 0.15) is 5.56 Å². The van der Waals surface area contributed by atoms with Crippen LogP contribution < -0.4 is 4.74 Å². The number of nitrogens with zero attached hydrogens (tertiary/aromatic N) is 3. The van der Waals surface area contributed by atoms with Gasteiger partial charge in [0.05, 0.1) is 11.9 Å². The summed E-state index contributed by atoms with van der Waals surface area (Å²) in [5.41, 5.74) is 4.09. The zero-order chi connectivity index (χ0) is 19.2. The fraction of sp³-hybridized carbons (Fsp3) is 0. The van der Waals surface area contributed by atoms with Gasteiger partial charge < -0.3 is 4.74 Å². The lowest BCUT2D eigenvalue weighted by molar-refractivity contribution is 0.482. The second kappa shape index (κ2) is 8.18. The number of hydrogen-bond acceptors (Lipinski definition) is 3. The maximum Gasteiger partial charge on any atom is 0.129 e. The number of hydrogen-bond donors (Lipinski definition) is 0. The second-order valence-electron chi connectivity index (χ2n) is 6.17. The van der Waals surface area contributed by atoms with Crippen LogP contribution in [0.3, 0.4) is 0 Å². The highest BCUT2D eigenvalue weighted by Crippen LogP contribution is 2.25. The van der Waals surface area contributed by atoms with Gasteiger partial charge in [0.1, 0.15) is 11.5 Å². The molecular weight excluding hydrogens is 346 g/mol. The van der Waals surface area contributed by atoms with Gasteiger partial charge in [-0.05, 0) is 35.4 Å². The predicted molar refractivity (Wildman–Crippen MR) is 113 cm³/mol. The van der Waals surface area contributed by atoms with Crippen LogP contribution in [-0.2, 0) is 0 Å². The van der Waals surface area contributed by atoms with Crippen LogP contribution in [0.4, 0.5) is 0 Å². The first kappa shape index (κ1) is 17.5. The third-order valence-corrected chi connectivity index (χ3v) is 4.19. The smallest absolute Gasteiger partial charge is 0.129 e. The van der Waals surface area contributed by atoms with Crippen molar-refractivity contribution in [3.8, 4) is 28.3 Å². The van der Waals surface area contributed by atoms with E-state index in [1.165, 1.54) is 6.20 Å². The van der Waals surface area contributed by atoms with Crippen molar-refractivity contribution in [3.05, 3.63) is 110 Å². The Kier molecular flexibility index (Phi) is 5.11. The first-order valence-electron chi connectivity index (χ1n) is 8.94. The van der Waals surface area contributed by atoms with E-state index in [1.807, 2.05) is 83.8 Å². The van der Waals surface area contributed by atoms with Gasteiger partial charge in [0.25, 0.3) is 0 Å². The summed E-state index contributed by atoms with van der Waals surface area (Å²) >= 11 is 0. The number of ether oxygens (including phenoxy) is 1. The molecule has 0 aliphatic carbocycles. The van der Waals surface area contributed by atoms with E-state index in [0.717, 1.165) is 33.9 Å². The van der Waals surface area contributed by atoms with Gasteiger partial charge >= 0.3 is 0 Å². The SMILES string of the molecule is C=CN=Cc1cccc(Oc2cccc(-n3cc(-c4ccccc4)cn3)c2)c1. The summed E-state index contributed by atoms with van der Waals surface area (Å²) in [6.07, 6.45) is 7.13. The molecule has 4 rings (SSSR count). The number of aliphatic imine (C=N–C) groups is 1. The zero-order valence-electron chi connectivity index (χ0n) is 15.3. The fourth-order valence-corrected chi connectivity index (χ4v) is 2.87. The summed E-state index contributed by atoms with van der Waals surface area (Å²) in [4.78, 5) is 4.04. The van der Waals surface area contributed by atoms with Crippen molar-refractivity contribution in [3.63, 3.8) is 0 Å². The lowest BCUT2D eigenvalue weighted by Gasteiger charge is -2.08. The minimum absolute atomic E-state index is 0.743. The quantitative estimate of drug-likeness (QED) is 0.399. The van der Waals surface area contributed by atoms with Crippen molar-refractivity contribution < 1.29 is 4.74 Å². The summed E-state index contributed by atoms with van der Waals surface area (Å²) in [6.45, 7) is 3.59. The van der Waals surface area contributed by atoms with E-state index >= 15 is 0 Å². The molecule has 0 saturated carbocycles. The van der Waals surface area contributed by atoms with Crippen LogP contribution in [0.2, 0.25) is 0 Å². The molecule has 0 amide bonds. The first-order valence-corrected chi connectivity index (χ1v) is 8.94. The molecule has 3 aromatic carbocycles. The lowest BCUT2D eigenvalue weighted by atomic mass is 10.1. The Bertz CT molecular complexity index is 1110. The van der Waals surface area contributed by atoms with Gasteiger partial charge in [-0.1, -0.05) is 55.1 Å². The van der Waals surface area contributed by atoms with E-state index in [1.54, 1.807) is 6.21 Å². The molecule has 1 aromatic heterocycles. The lowest BCUT2D eigenvalue weighted by Crippen LogP contribution is -1.94. The van der Waals surface area contributed by atoms with E-state index in [4.69, 9.17) is 4.74 Å². The molecular formula is C24H19N3O. The topological polar surface area (TPSA) is 39.4 Å². The average molecular weight is 365 g/mol. The fourth-order valence-electron chi connectivity index (χ4n) is 2.87. The largest absolute Gasteiger partial charge is 0.457 e. The highest BCUT2D eigenvalue weighted by atomic mass is 16.5. The Labute approximate surface area is 164 Å². The molecule has 136 valence electrons. The van der Waals surface area contributed by atoms with Gasteiger partial charge in [-0.25, -0.2) is 4.68 Å². The van der Waals surface area contributed by atoms with Crippen LogP contribution >= 0.6 is 0 Å². The second-order valence-corrected chi connectivity index (χ2v) is 6.17. The van der Waals surface area contributed by atoms with E-state index in [-0.39, 0.29) is 0 Å². The van der Waals surface area contributed by atoms with Crippen LogP contribution in [0.25, 0.3) is 16.8 Å². The molecule has 0 spiro atoms. The molecule has 4 aromatic rings. The third-order valence-electron chi connectivity index (χ3n) is 4.19. The molecule has 4 heteroatoms. The zero-order valence-corrected chi connectivity index (χ0v) is 15.3. The van der Waals surface area contributed by atoms with Gasteiger partial charge in [0, 0.05) is 30.2 Å². The third kappa shape index (κ3) is 4.07. The highest BCUT2D eigenvalue weighted by Gasteiger charge is 2.05. The maximum absolute atomic E-state index is 6.02. The Hall–Kier alpha value is -3.92. The summed E-state index contributed by atoms with van der Waals surface area (Å²) in [5.74, 6) is 1.49. The normalized spacial score (nSPS) is 10.9. The van der Waals surface area contributed by atoms with E-state index in [2.05, 4.69) is 28.8 Å². The van der Waals surface area contributed by atoms with Gasteiger partial charge in [-0.15, -0.1) is 0 Å². The van der Waals surface area contributed by atoms with Crippen molar-refractivity contribution >= 4 is 6.21 Å². The summed E-state index contributed by atoms with van der Waals surface area (Å²) in [5, 5.41) is 4.49. The number of benzene rings is 3. The van der Waals surface area contributed by atoms with Crippen molar-refractivity contribution in [2.75, 3.05) is 0 Å². The number of rotatable bonds is 6. The Morgan fingerprint density at radius 1 is 0.857 bits per heavy atom. The van der Waals surface area contributed by atoms with E-state index in [9.17, 15) is 0 Å². The van der Waals surface area contributed by atoms with Crippen molar-refractivity contribution in [1.29, 1.82) is 0 Å². The highest BCUT2D eigenvalue weighted by molar-refractivity contribution is 5.80. The monoisotopic (exact) mass is 365 g/mol. The van der Waals surface area contributed by atoms with Gasteiger partial charge in [0.2, 0.25) is 0 Å². The Balaban J connectivity index is 1.56. The summed E-state index contributed by atoms with van der Waals surface area (Å²) < 4.78 is 7.87. The standard InChI is InChI=1S/C24H19N3O/c1-2-25-16-19-8-6-12-23(14-19)28-24-13-7-11-22(15-24)27-18-21(17-26-27)20-9-4-3-5-10-20/h2-18H,1H2. The first-order chi connectivity index (χ1) is 13.8. The van der Waals surface area contributed by atoms with Gasteiger partial charge in [-0.3, -0.25) is 4.99 Å². The molecule has 0 aliphatic heterocycles. The minimum atomic E-state index is 0.743. The molecule has 4 nitrogen and oxygen atoms in total. The van der Waals surface area contributed by atoms with Crippen LogP contribution in [0.5, 0.6) is 11.5 Å². The molecule has 0 unspecified atom stereocenters. The maximum atomic E-state index is 6.02. The molecule has 0 atom stereocenters. The van der Waals surface area contributed by atoms with Crippen molar-refractivity contribution in [2.45, 2.75) is 0 Å².